The Balaban J connectivity index is 2.89. The van der Waals surface area contributed by atoms with Crippen molar-refractivity contribution in [3.05, 3.63) is 28.6 Å². The molecule has 148 valence electrons. The van der Waals surface area contributed by atoms with Gasteiger partial charge in [-0.05, 0) is 30.0 Å². The highest BCUT2D eigenvalue weighted by atomic mass is 16.5. The molecular formula is C20H28N2O5. The predicted octanol–water partition coefficient (Wildman–Crippen LogP) is 4.05. The van der Waals surface area contributed by atoms with Gasteiger partial charge in [-0.3, -0.25) is 14.3 Å². The van der Waals surface area contributed by atoms with Crippen LogP contribution in [0.5, 0.6) is 11.5 Å². The highest BCUT2D eigenvalue weighted by Gasteiger charge is 2.26. The number of rotatable bonds is 6. The molecule has 0 atom stereocenters. The second kappa shape index (κ2) is 7.90. The lowest BCUT2D eigenvalue weighted by Crippen LogP contribution is -2.35. The first-order valence-electron chi connectivity index (χ1n) is 9.05. The molecule has 1 aromatic heterocycles. The molecule has 0 aliphatic heterocycles. The van der Waals surface area contributed by atoms with Crippen LogP contribution in [0.15, 0.2) is 23.0 Å². The topological polar surface area (TPSA) is 92.0 Å². The fourth-order valence-electron chi connectivity index (χ4n) is 2.90. The van der Waals surface area contributed by atoms with Crippen LogP contribution in [0.3, 0.4) is 0 Å². The Hall–Kier alpha value is -2.70. The molecule has 7 heteroatoms. The van der Waals surface area contributed by atoms with Crippen molar-refractivity contribution in [1.82, 2.24) is 4.57 Å². The number of ether oxygens (including phenoxy) is 1. The van der Waals surface area contributed by atoms with Gasteiger partial charge in [0, 0.05) is 19.0 Å². The first kappa shape index (κ1) is 20.6. The average Bonchev–Trinajstić information content (AvgIpc) is 2.57. The normalized spacial score (nSPS) is 11.6. The van der Waals surface area contributed by atoms with E-state index in [2.05, 4.69) is 0 Å². The largest absolute Gasteiger partial charge is 0.508 e. The second-order valence-corrected chi connectivity index (χ2v) is 7.88. The van der Waals surface area contributed by atoms with Gasteiger partial charge in [0.15, 0.2) is 11.6 Å². The molecule has 0 aliphatic carbocycles. The van der Waals surface area contributed by atoms with Crippen molar-refractivity contribution in [3.63, 3.8) is 0 Å². The van der Waals surface area contributed by atoms with E-state index in [9.17, 15) is 19.8 Å². The van der Waals surface area contributed by atoms with Crippen molar-refractivity contribution in [2.45, 2.75) is 47.1 Å². The molecule has 2 N–H and O–H groups in total. The van der Waals surface area contributed by atoms with Gasteiger partial charge in [-0.25, -0.2) is 4.79 Å². The Labute approximate surface area is 158 Å². The molecule has 0 unspecified atom stereocenters. The van der Waals surface area contributed by atoms with E-state index in [1.165, 1.54) is 23.7 Å². The van der Waals surface area contributed by atoms with Crippen molar-refractivity contribution in [1.29, 1.82) is 0 Å². The quantitative estimate of drug-likeness (QED) is 0.742. The number of aromatic hydroxyl groups is 1. The molecule has 0 aliphatic rings. The molecule has 1 aromatic carbocycles. The minimum Gasteiger partial charge on any atom is -0.508 e. The van der Waals surface area contributed by atoms with Crippen LogP contribution in [0.25, 0.3) is 10.8 Å². The molecule has 0 bridgehead atoms. The summed E-state index contributed by atoms with van der Waals surface area (Å²) in [5, 5.41) is 20.3. The number of benzene rings is 1. The Bertz CT molecular complexity index is 896. The number of hydrogen-bond donors (Lipinski definition) is 2. The molecule has 2 rings (SSSR count). The third-order valence-electron chi connectivity index (χ3n) is 4.16. The van der Waals surface area contributed by atoms with Gasteiger partial charge < -0.3 is 14.9 Å². The maximum Gasteiger partial charge on any atom is 0.412 e. The summed E-state index contributed by atoms with van der Waals surface area (Å²) in [6, 6.07) is 4.43. The molecule has 1 heterocycles. The summed E-state index contributed by atoms with van der Waals surface area (Å²) >= 11 is 0. The summed E-state index contributed by atoms with van der Waals surface area (Å²) in [6.45, 7) is 8.65. The molecule has 2 aromatic rings. The highest BCUT2D eigenvalue weighted by molar-refractivity contribution is 5.97. The summed E-state index contributed by atoms with van der Waals surface area (Å²) in [5.41, 5.74) is -0.575. The summed E-state index contributed by atoms with van der Waals surface area (Å²) in [7, 11) is 1.39. The summed E-state index contributed by atoms with van der Waals surface area (Å²) in [4.78, 5) is 25.9. The number of unbranched alkanes of at least 4 members (excludes halogenated alkanes) is 1. The van der Waals surface area contributed by atoms with Gasteiger partial charge in [0.25, 0.3) is 5.56 Å². The maximum atomic E-state index is 13.2. The number of carboxylic acid groups (broad SMARTS) is 1. The molecule has 0 fully saturated rings. The number of carbonyl (C=O) groups is 1. The monoisotopic (exact) mass is 376 g/mol. The fraction of sp³-hybridized carbons (Fsp3) is 0.500. The van der Waals surface area contributed by atoms with Crippen LogP contribution < -0.4 is 15.2 Å². The van der Waals surface area contributed by atoms with E-state index in [4.69, 9.17) is 4.74 Å². The van der Waals surface area contributed by atoms with Crippen LogP contribution in [0.4, 0.5) is 10.6 Å². The Morgan fingerprint density at radius 3 is 2.48 bits per heavy atom. The summed E-state index contributed by atoms with van der Waals surface area (Å²) in [6.07, 6.45) is 0.501. The molecule has 7 nitrogen and oxygen atoms in total. The van der Waals surface area contributed by atoms with Gasteiger partial charge in [-0.2, -0.15) is 0 Å². The van der Waals surface area contributed by atoms with Crippen LogP contribution >= 0.6 is 0 Å². The lowest BCUT2D eigenvalue weighted by molar-refractivity contribution is 0.202. The minimum absolute atomic E-state index is 0.0141. The minimum atomic E-state index is -1.20. The fourth-order valence-corrected chi connectivity index (χ4v) is 2.90. The number of anilines is 1. The van der Waals surface area contributed by atoms with Crippen LogP contribution in [-0.2, 0) is 6.54 Å². The third kappa shape index (κ3) is 4.53. The molecule has 0 saturated carbocycles. The van der Waals surface area contributed by atoms with Crippen molar-refractivity contribution in [2.24, 2.45) is 5.41 Å². The van der Waals surface area contributed by atoms with Crippen molar-refractivity contribution in [3.8, 4) is 11.5 Å². The molecule has 1 amide bonds. The number of amides is 1. The van der Waals surface area contributed by atoms with E-state index in [0.29, 0.717) is 29.7 Å². The number of phenolic OH excluding ortho intramolecular Hbond substituents is 1. The van der Waals surface area contributed by atoms with Gasteiger partial charge in [0.05, 0.1) is 12.0 Å². The van der Waals surface area contributed by atoms with Gasteiger partial charge >= 0.3 is 6.09 Å². The number of phenols is 1. The van der Waals surface area contributed by atoms with Gasteiger partial charge in [-0.15, -0.1) is 0 Å². The van der Waals surface area contributed by atoms with Crippen molar-refractivity contribution < 1.29 is 19.7 Å². The molecule has 27 heavy (non-hydrogen) atoms. The number of fused-ring (bicyclic) bond motifs is 1. The van der Waals surface area contributed by atoms with Gasteiger partial charge in [0.1, 0.15) is 5.75 Å². The average molecular weight is 376 g/mol. The van der Waals surface area contributed by atoms with Crippen molar-refractivity contribution >= 4 is 22.7 Å². The van der Waals surface area contributed by atoms with E-state index >= 15 is 0 Å². The Kier molecular flexibility index (Phi) is 6.03. The third-order valence-corrected chi connectivity index (χ3v) is 4.16. The molecule has 0 radical (unpaired) electrons. The van der Waals surface area contributed by atoms with E-state index in [1.54, 1.807) is 6.07 Å². The van der Waals surface area contributed by atoms with E-state index in [1.807, 2.05) is 27.7 Å². The zero-order valence-electron chi connectivity index (χ0n) is 16.6. The molecule has 0 spiro atoms. The predicted molar refractivity (Wildman–Crippen MR) is 106 cm³/mol. The lowest BCUT2D eigenvalue weighted by atomic mass is 9.96. The lowest BCUT2D eigenvalue weighted by Gasteiger charge is -2.28. The summed E-state index contributed by atoms with van der Waals surface area (Å²) < 4.78 is 7.40. The Morgan fingerprint density at radius 2 is 1.93 bits per heavy atom. The SMILES string of the molecule is CCCCOc1c(N(C)C(=O)O)n(CC(C)(C)C)c(=O)c2ccc(O)cc12. The van der Waals surface area contributed by atoms with Crippen LogP contribution in [0.1, 0.15) is 40.5 Å². The smallest absolute Gasteiger partial charge is 0.412 e. The van der Waals surface area contributed by atoms with Gasteiger partial charge in [0.2, 0.25) is 0 Å². The van der Waals surface area contributed by atoms with E-state index in [-0.39, 0.29) is 22.5 Å². The maximum absolute atomic E-state index is 13.2. The van der Waals surface area contributed by atoms with Crippen molar-refractivity contribution in [2.75, 3.05) is 18.6 Å². The number of hydrogen-bond acceptors (Lipinski definition) is 4. The van der Waals surface area contributed by atoms with Crippen LogP contribution in [0, 0.1) is 5.41 Å². The first-order chi connectivity index (χ1) is 12.6. The second-order valence-electron chi connectivity index (χ2n) is 7.88. The zero-order chi connectivity index (χ0) is 20.4. The summed E-state index contributed by atoms with van der Waals surface area (Å²) in [5.74, 6) is 0.458. The van der Waals surface area contributed by atoms with E-state index < -0.39 is 6.09 Å². The highest BCUT2D eigenvalue weighted by Crippen LogP contribution is 2.37. The zero-order valence-corrected chi connectivity index (χ0v) is 16.6. The standard InChI is InChI=1S/C20H28N2O5/c1-6-7-10-27-16-15-11-13(23)8-9-14(15)18(24)22(12-20(2,3)4)17(16)21(5)19(25)26/h8-9,11,23H,6-7,10,12H2,1-5H3,(H,25,26). The molecular weight excluding hydrogens is 348 g/mol. The van der Waals surface area contributed by atoms with Crippen LogP contribution in [-0.4, -0.2) is 34.5 Å². The number of aromatic nitrogens is 1. The number of pyridine rings is 1. The van der Waals surface area contributed by atoms with Crippen LogP contribution in [0.2, 0.25) is 0 Å². The number of nitrogens with zero attached hydrogens (tertiary/aromatic N) is 2. The molecule has 0 saturated heterocycles. The first-order valence-corrected chi connectivity index (χ1v) is 9.05. The van der Waals surface area contributed by atoms with Gasteiger partial charge in [-0.1, -0.05) is 34.1 Å². The Morgan fingerprint density at radius 1 is 1.26 bits per heavy atom. The van der Waals surface area contributed by atoms with E-state index in [0.717, 1.165) is 17.7 Å².